The first-order valence-corrected chi connectivity index (χ1v) is 10.8. The van der Waals surface area contributed by atoms with Crippen molar-refractivity contribution in [2.45, 2.75) is 6.92 Å². The van der Waals surface area contributed by atoms with Gasteiger partial charge < -0.3 is 0 Å². The topological polar surface area (TPSA) is 76.4 Å². The maximum atomic E-state index is 12.1. The number of imide groups is 1. The van der Waals surface area contributed by atoms with Crippen molar-refractivity contribution in [3.63, 3.8) is 0 Å². The average Bonchev–Trinajstić information content (AvgIpc) is 3.42. The number of hydrogen-bond donors (Lipinski definition) is 1. The summed E-state index contributed by atoms with van der Waals surface area (Å²) in [6.45, 7) is 2.03. The minimum Gasteiger partial charge on any atom is -0.282 e. The Balaban J connectivity index is 1.71. The highest BCUT2D eigenvalue weighted by atomic mass is 32.2. The van der Waals surface area contributed by atoms with Gasteiger partial charge in [0.2, 0.25) is 4.96 Å². The molecule has 0 atom stereocenters. The molecule has 0 saturated carbocycles. The van der Waals surface area contributed by atoms with E-state index in [2.05, 4.69) is 5.32 Å². The van der Waals surface area contributed by atoms with Crippen LogP contribution in [0.3, 0.4) is 0 Å². The van der Waals surface area contributed by atoms with E-state index >= 15 is 0 Å². The molecule has 0 bridgehead atoms. The van der Waals surface area contributed by atoms with E-state index in [-0.39, 0.29) is 5.24 Å². The lowest BCUT2D eigenvalue weighted by molar-refractivity contribution is -0.115. The fourth-order valence-electron chi connectivity index (χ4n) is 2.86. The predicted octanol–water partition coefficient (Wildman–Crippen LogP) is 4.82. The smallest absolute Gasteiger partial charge is 0.282 e. The first-order valence-electron chi connectivity index (χ1n) is 8.34. The number of nitrogens with zero attached hydrogens (tertiary/aromatic N) is 3. The largest absolute Gasteiger partial charge is 0.290 e. The number of fused-ring (bicyclic) bond motifs is 1. The summed E-state index contributed by atoms with van der Waals surface area (Å²) >= 11 is 4.00. The predicted molar refractivity (Wildman–Crippen MR) is 113 cm³/mol. The normalized spacial score (nSPS) is 15.7. The molecule has 0 unspecified atom stereocenters. The van der Waals surface area contributed by atoms with Gasteiger partial charge >= 0.3 is 0 Å². The van der Waals surface area contributed by atoms with Crippen molar-refractivity contribution in [1.29, 1.82) is 0 Å². The van der Waals surface area contributed by atoms with Crippen LogP contribution < -0.4 is 5.32 Å². The molecular formula is C19H12N4O2S3. The molecule has 5 rings (SSSR count). The number of carbonyl (C=O) groups excluding carboxylic acids is 2. The highest BCUT2D eigenvalue weighted by Crippen LogP contribution is 2.35. The van der Waals surface area contributed by atoms with Crippen LogP contribution in [-0.2, 0) is 4.79 Å². The Morgan fingerprint density at radius 1 is 1.14 bits per heavy atom. The van der Waals surface area contributed by atoms with Crippen LogP contribution in [0.25, 0.3) is 32.2 Å². The van der Waals surface area contributed by atoms with E-state index in [1.807, 2.05) is 48.7 Å². The van der Waals surface area contributed by atoms with Gasteiger partial charge in [-0.2, -0.15) is 5.10 Å². The molecule has 9 heteroatoms. The lowest BCUT2D eigenvalue weighted by Gasteiger charge is -2.01. The highest BCUT2D eigenvalue weighted by Gasteiger charge is 2.27. The first kappa shape index (κ1) is 17.4. The van der Waals surface area contributed by atoms with Crippen LogP contribution in [0.5, 0.6) is 0 Å². The van der Waals surface area contributed by atoms with Gasteiger partial charge in [0, 0.05) is 5.56 Å². The van der Waals surface area contributed by atoms with Crippen molar-refractivity contribution in [3.05, 3.63) is 57.9 Å². The number of carbonyl (C=O) groups is 2. The van der Waals surface area contributed by atoms with Crippen LogP contribution in [0.4, 0.5) is 4.79 Å². The van der Waals surface area contributed by atoms with Crippen molar-refractivity contribution in [1.82, 2.24) is 19.9 Å². The molecule has 0 aliphatic carbocycles. The zero-order valence-corrected chi connectivity index (χ0v) is 17.0. The molecule has 1 aliphatic heterocycles. The Morgan fingerprint density at radius 3 is 2.64 bits per heavy atom. The van der Waals surface area contributed by atoms with Crippen LogP contribution in [0.15, 0.2) is 46.7 Å². The number of amides is 2. The number of thiophene rings is 1. The van der Waals surface area contributed by atoms with Gasteiger partial charge in [-0.25, -0.2) is 9.50 Å². The van der Waals surface area contributed by atoms with Crippen molar-refractivity contribution >= 4 is 56.6 Å². The van der Waals surface area contributed by atoms with E-state index in [9.17, 15) is 9.59 Å². The monoisotopic (exact) mass is 424 g/mol. The van der Waals surface area contributed by atoms with E-state index in [1.54, 1.807) is 21.9 Å². The highest BCUT2D eigenvalue weighted by molar-refractivity contribution is 8.18. The van der Waals surface area contributed by atoms with Crippen LogP contribution in [0.1, 0.15) is 11.3 Å². The van der Waals surface area contributed by atoms with Gasteiger partial charge in [0.25, 0.3) is 11.1 Å². The zero-order valence-electron chi connectivity index (χ0n) is 14.5. The molecule has 1 saturated heterocycles. The molecule has 3 aromatic heterocycles. The molecule has 1 aliphatic rings. The maximum Gasteiger partial charge on any atom is 0.290 e. The summed E-state index contributed by atoms with van der Waals surface area (Å²) in [5.74, 6) is -0.395. The van der Waals surface area contributed by atoms with Crippen molar-refractivity contribution in [2.24, 2.45) is 0 Å². The molecule has 4 aromatic rings. The van der Waals surface area contributed by atoms with Crippen molar-refractivity contribution in [3.8, 4) is 21.1 Å². The van der Waals surface area contributed by atoms with E-state index in [1.165, 1.54) is 11.3 Å². The molecule has 0 spiro atoms. The van der Waals surface area contributed by atoms with E-state index < -0.39 is 5.91 Å². The Morgan fingerprint density at radius 2 is 1.96 bits per heavy atom. The Hall–Kier alpha value is -2.75. The summed E-state index contributed by atoms with van der Waals surface area (Å²) in [7, 11) is 0. The lowest BCUT2D eigenvalue weighted by atomic mass is 10.1. The second kappa shape index (κ2) is 6.69. The second-order valence-electron chi connectivity index (χ2n) is 6.14. The quantitative estimate of drug-likeness (QED) is 0.477. The van der Waals surface area contributed by atoms with Crippen LogP contribution in [0.2, 0.25) is 0 Å². The van der Waals surface area contributed by atoms with Gasteiger partial charge in [0.05, 0.1) is 21.2 Å². The molecule has 1 fully saturated rings. The molecule has 1 aromatic carbocycles. The SMILES string of the molecule is Cc1ccc(-c2nc3sc(-c4cccs4)nn3c2/C=C2\SC(=O)NC2=O)cc1. The number of benzene rings is 1. The number of hydrogen-bond acceptors (Lipinski definition) is 7. The number of rotatable bonds is 3. The molecule has 6 nitrogen and oxygen atoms in total. The van der Waals surface area contributed by atoms with Gasteiger partial charge in [-0.15, -0.1) is 11.3 Å². The van der Waals surface area contributed by atoms with E-state index in [4.69, 9.17) is 10.1 Å². The summed E-state index contributed by atoms with van der Waals surface area (Å²) in [4.78, 5) is 30.5. The van der Waals surface area contributed by atoms with E-state index in [0.717, 1.165) is 43.4 Å². The summed E-state index contributed by atoms with van der Waals surface area (Å²) in [5, 5.41) is 9.51. The minimum absolute atomic E-state index is 0.339. The van der Waals surface area contributed by atoms with Gasteiger partial charge in [-0.1, -0.05) is 47.2 Å². The number of nitrogens with one attached hydrogen (secondary N) is 1. The maximum absolute atomic E-state index is 12.1. The second-order valence-corrected chi connectivity index (χ2v) is 9.06. The van der Waals surface area contributed by atoms with Gasteiger partial charge in [-0.05, 0) is 36.2 Å². The third kappa shape index (κ3) is 2.97. The van der Waals surface area contributed by atoms with Gasteiger partial charge in [0.1, 0.15) is 0 Å². The van der Waals surface area contributed by atoms with Crippen LogP contribution in [0, 0.1) is 6.92 Å². The third-order valence-corrected chi connectivity index (χ3v) is 6.96. The van der Waals surface area contributed by atoms with E-state index in [0.29, 0.717) is 10.6 Å². The molecular weight excluding hydrogens is 412 g/mol. The molecule has 0 radical (unpaired) electrons. The number of aromatic nitrogens is 3. The standard InChI is InChI=1S/C19H12N4O2S3/c1-10-4-6-11(7-5-10)15-12(9-14-16(24)21-19(25)27-14)23-18(20-15)28-17(22-23)13-3-2-8-26-13/h2-9H,1H3,(H,21,24,25)/b14-9-. The summed E-state index contributed by atoms with van der Waals surface area (Å²) in [6, 6.07) is 12.0. The fraction of sp³-hybridized carbons (Fsp3) is 0.0526. The third-order valence-electron chi connectivity index (χ3n) is 4.21. The minimum atomic E-state index is -0.395. The fourth-order valence-corrected chi connectivity index (χ4v) is 5.22. The Kier molecular flexibility index (Phi) is 4.15. The zero-order chi connectivity index (χ0) is 19.3. The first-order chi connectivity index (χ1) is 13.6. The number of thioether (sulfide) groups is 1. The summed E-state index contributed by atoms with van der Waals surface area (Å²) < 4.78 is 1.75. The average molecular weight is 425 g/mol. The van der Waals surface area contributed by atoms with Gasteiger partial charge in [0.15, 0.2) is 5.01 Å². The van der Waals surface area contributed by atoms with Crippen LogP contribution >= 0.6 is 34.4 Å². The Bertz CT molecular complexity index is 1250. The molecule has 2 amide bonds. The number of imidazole rings is 1. The molecule has 138 valence electrons. The molecule has 28 heavy (non-hydrogen) atoms. The summed E-state index contributed by atoms with van der Waals surface area (Å²) in [6.07, 6.45) is 1.69. The summed E-state index contributed by atoms with van der Waals surface area (Å²) in [5.41, 5.74) is 3.50. The Labute approximate surface area is 171 Å². The van der Waals surface area contributed by atoms with Crippen LogP contribution in [-0.4, -0.2) is 25.7 Å². The molecule has 4 heterocycles. The van der Waals surface area contributed by atoms with Crippen molar-refractivity contribution < 1.29 is 9.59 Å². The van der Waals surface area contributed by atoms with Crippen molar-refractivity contribution in [2.75, 3.05) is 0 Å². The molecule has 1 N–H and O–H groups in total. The number of aryl methyl sites for hydroxylation is 1. The van der Waals surface area contributed by atoms with Gasteiger partial charge in [-0.3, -0.25) is 14.9 Å². The lowest BCUT2D eigenvalue weighted by Crippen LogP contribution is -2.17.